The van der Waals surface area contributed by atoms with Crippen molar-refractivity contribution in [1.29, 1.82) is 0 Å². The maximum Gasteiger partial charge on any atom is 0.289 e. The van der Waals surface area contributed by atoms with Gasteiger partial charge in [-0.1, -0.05) is 81.4 Å². The lowest BCUT2D eigenvalue weighted by Crippen LogP contribution is -2.54. The Morgan fingerprint density at radius 2 is 1.39 bits per heavy atom. The van der Waals surface area contributed by atoms with E-state index < -0.39 is 35.6 Å². The van der Waals surface area contributed by atoms with Crippen LogP contribution in [0.4, 0.5) is 0 Å². The molecule has 0 radical (unpaired) electrons. The smallest absolute Gasteiger partial charge is 0.289 e. The molecular weight excluding hydrogens is 520 g/mol. The van der Waals surface area contributed by atoms with Crippen LogP contribution in [0.5, 0.6) is 0 Å². The summed E-state index contributed by atoms with van der Waals surface area (Å²) in [5.41, 5.74) is 1.62. The molecule has 2 aromatic carbocycles. The molecule has 0 bridgehead atoms. The van der Waals surface area contributed by atoms with Gasteiger partial charge in [0.2, 0.25) is 17.6 Å². The molecule has 222 valence electrons. The summed E-state index contributed by atoms with van der Waals surface area (Å²) in [4.78, 5) is 54.8. The number of hydrogen-bond donors (Lipinski definition) is 3. The van der Waals surface area contributed by atoms with Crippen molar-refractivity contribution in [3.05, 3.63) is 71.8 Å². The summed E-state index contributed by atoms with van der Waals surface area (Å²) < 4.78 is 5.34. The van der Waals surface area contributed by atoms with E-state index in [1.165, 1.54) is 0 Å². The average molecular weight is 565 g/mol. The van der Waals surface area contributed by atoms with Gasteiger partial charge in [0.05, 0.1) is 25.2 Å². The van der Waals surface area contributed by atoms with Gasteiger partial charge in [-0.3, -0.25) is 24.1 Å². The highest BCUT2D eigenvalue weighted by Crippen LogP contribution is 2.25. The van der Waals surface area contributed by atoms with Crippen molar-refractivity contribution >= 4 is 23.5 Å². The van der Waals surface area contributed by atoms with E-state index in [-0.39, 0.29) is 18.2 Å². The normalized spacial score (nSPS) is 15.2. The number of amides is 3. The number of Topliss-reactive ketones (excluding diaryl/α,β-unsaturated/α-hetero) is 1. The first-order valence-electron chi connectivity index (χ1n) is 14.6. The molecule has 3 rings (SSSR count). The van der Waals surface area contributed by atoms with Gasteiger partial charge in [-0.25, -0.2) is 0 Å². The van der Waals surface area contributed by atoms with Crippen LogP contribution in [0.25, 0.3) is 0 Å². The third kappa shape index (κ3) is 10.1. The van der Waals surface area contributed by atoms with Crippen LogP contribution in [0.2, 0.25) is 0 Å². The van der Waals surface area contributed by atoms with Crippen molar-refractivity contribution in [2.24, 2.45) is 5.92 Å². The summed E-state index contributed by atoms with van der Waals surface area (Å²) >= 11 is 0. The number of rotatable bonds is 15. The summed E-state index contributed by atoms with van der Waals surface area (Å²) in [7, 11) is 0. The van der Waals surface area contributed by atoms with Crippen LogP contribution in [0.3, 0.4) is 0 Å². The second-order valence-electron chi connectivity index (χ2n) is 10.8. The number of carbonyl (C=O) groups excluding carboxylic acids is 4. The van der Waals surface area contributed by atoms with E-state index in [1.807, 2.05) is 74.5 Å². The van der Waals surface area contributed by atoms with E-state index >= 15 is 0 Å². The predicted molar refractivity (Wildman–Crippen MR) is 158 cm³/mol. The second-order valence-corrected chi connectivity index (χ2v) is 10.8. The van der Waals surface area contributed by atoms with Gasteiger partial charge in [0.1, 0.15) is 6.04 Å². The van der Waals surface area contributed by atoms with Gasteiger partial charge in [-0.2, -0.15) is 0 Å². The van der Waals surface area contributed by atoms with Crippen molar-refractivity contribution in [2.75, 3.05) is 39.4 Å². The molecule has 1 saturated heterocycles. The lowest BCUT2D eigenvalue weighted by atomic mass is 9.90. The molecule has 1 aliphatic heterocycles. The van der Waals surface area contributed by atoms with Crippen LogP contribution >= 0.6 is 0 Å². The summed E-state index contributed by atoms with van der Waals surface area (Å²) in [5, 5.41) is 8.36. The molecule has 2 aromatic rings. The molecule has 2 atom stereocenters. The van der Waals surface area contributed by atoms with Crippen LogP contribution in [-0.4, -0.2) is 79.9 Å². The minimum Gasteiger partial charge on any atom is -0.379 e. The van der Waals surface area contributed by atoms with Gasteiger partial charge in [0.15, 0.2) is 0 Å². The minimum atomic E-state index is -0.979. The van der Waals surface area contributed by atoms with Gasteiger partial charge in [0, 0.05) is 19.6 Å². The molecular formula is C32H44N4O5. The largest absolute Gasteiger partial charge is 0.379 e. The highest BCUT2D eigenvalue weighted by atomic mass is 16.5. The predicted octanol–water partition coefficient (Wildman–Crippen LogP) is 2.65. The van der Waals surface area contributed by atoms with E-state index in [9.17, 15) is 19.2 Å². The number of nitrogens with zero attached hydrogens (tertiary/aromatic N) is 1. The number of ketones is 1. The summed E-state index contributed by atoms with van der Waals surface area (Å²) in [5.74, 6) is -2.69. The quantitative estimate of drug-likeness (QED) is 0.226. The molecule has 1 unspecified atom stereocenters. The molecule has 1 heterocycles. The molecule has 0 spiro atoms. The van der Waals surface area contributed by atoms with Crippen LogP contribution in [-0.2, 0) is 23.9 Å². The first-order chi connectivity index (χ1) is 19.8. The third-order valence-corrected chi connectivity index (χ3v) is 7.17. The minimum absolute atomic E-state index is 0.100. The SMILES string of the molecule is CCC(NC(=O)[C@H](CC(C)C)NC(=O)C(c1ccccc1)c1ccccc1)C(=O)C(=O)NCCCN1CCOCC1. The Balaban J connectivity index is 1.62. The molecule has 0 aliphatic carbocycles. The fraction of sp³-hybridized carbons (Fsp3) is 0.500. The molecule has 0 saturated carbocycles. The van der Waals surface area contributed by atoms with Gasteiger partial charge in [-0.05, 0) is 42.9 Å². The second kappa shape index (κ2) is 16.6. The van der Waals surface area contributed by atoms with E-state index in [2.05, 4.69) is 20.9 Å². The molecule has 9 nitrogen and oxygen atoms in total. The number of carbonyl (C=O) groups is 4. The highest BCUT2D eigenvalue weighted by molar-refractivity contribution is 6.38. The number of ether oxygens (including phenoxy) is 1. The van der Waals surface area contributed by atoms with E-state index in [4.69, 9.17) is 4.74 Å². The van der Waals surface area contributed by atoms with Crippen LogP contribution in [0.15, 0.2) is 60.7 Å². The van der Waals surface area contributed by atoms with Crippen molar-refractivity contribution in [3.63, 3.8) is 0 Å². The Labute approximate surface area is 243 Å². The first-order valence-corrected chi connectivity index (χ1v) is 14.6. The number of nitrogens with one attached hydrogen (secondary N) is 3. The Hall–Kier alpha value is -3.56. The summed E-state index contributed by atoms with van der Waals surface area (Å²) in [6.07, 6.45) is 1.35. The zero-order chi connectivity index (χ0) is 29.6. The lowest BCUT2D eigenvalue weighted by molar-refractivity contribution is -0.140. The Morgan fingerprint density at radius 3 is 1.93 bits per heavy atom. The fourth-order valence-corrected chi connectivity index (χ4v) is 4.94. The topological polar surface area (TPSA) is 117 Å². The van der Waals surface area contributed by atoms with E-state index in [0.29, 0.717) is 32.6 Å². The van der Waals surface area contributed by atoms with E-state index in [1.54, 1.807) is 6.92 Å². The Morgan fingerprint density at radius 1 is 0.829 bits per heavy atom. The summed E-state index contributed by atoms with van der Waals surface area (Å²) in [6.45, 7) is 10.0. The molecule has 3 N–H and O–H groups in total. The average Bonchev–Trinajstić information content (AvgIpc) is 2.98. The lowest BCUT2D eigenvalue weighted by Gasteiger charge is -2.26. The molecule has 9 heteroatoms. The standard InChI is InChI=1S/C32H44N4O5/c1-4-26(29(37)32(40)33-16-11-17-36-18-20-41-21-19-36)34-30(38)27(22-23(2)3)35-31(39)28(24-12-7-5-8-13-24)25-14-9-6-10-15-25/h5-10,12-15,23,26-28H,4,11,16-22H2,1-3H3,(H,33,40)(H,34,38)(H,35,39)/t26?,27-/m0/s1. The molecule has 41 heavy (non-hydrogen) atoms. The van der Waals surface area contributed by atoms with Gasteiger partial charge in [0.25, 0.3) is 5.91 Å². The van der Waals surface area contributed by atoms with Gasteiger partial charge < -0.3 is 20.7 Å². The number of benzene rings is 2. The van der Waals surface area contributed by atoms with Crippen LogP contribution in [0, 0.1) is 5.92 Å². The Kier molecular flexibility index (Phi) is 13.0. The Bertz CT molecular complexity index is 1080. The molecule has 1 fully saturated rings. The van der Waals surface area contributed by atoms with Gasteiger partial charge >= 0.3 is 0 Å². The zero-order valence-corrected chi connectivity index (χ0v) is 24.4. The van der Waals surface area contributed by atoms with Crippen LogP contribution < -0.4 is 16.0 Å². The molecule has 3 amide bonds. The first kappa shape index (κ1) is 32.0. The van der Waals surface area contributed by atoms with Crippen molar-refractivity contribution < 1.29 is 23.9 Å². The van der Waals surface area contributed by atoms with Crippen molar-refractivity contribution in [2.45, 2.75) is 58.0 Å². The summed E-state index contributed by atoms with van der Waals surface area (Å²) in [6, 6.07) is 17.0. The third-order valence-electron chi connectivity index (χ3n) is 7.17. The monoisotopic (exact) mass is 564 g/mol. The zero-order valence-electron chi connectivity index (χ0n) is 24.4. The molecule has 1 aliphatic rings. The molecule has 0 aromatic heterocycles. The van der Waals surface area contributed by atoms with Crippen molar-refractivity contribution in [3.8, 4) is 0 Å². The van der Waals surface area contributed by atoms with Crippen molar-refractivity contribution in [1.82, 2.24) is 20.9 Å². The number of morpholine rings is 1. The fourth-order valence-electron chi connectivity index (χ4n) is 4.94. The van der Waals surface area contributed by atoms with Gasteiger partial charge in [-0.15, -0.1) is 0 Å². The number of hydrogen-bond acceptors (Lipinski definition) is 6. The highest BCUT2D eigenvalue weighted by Gasteiger charge is 2.31. The maximum absolute atomic E-state index is 13.7. The maximum atomic E-state index is 13.7. The van der Waals surface area contributed by atoms with Crippen LogP contribution in [0.1, 0.15) is 57.1 Å². The van der Waals surface area contributed by atoms with E-state index in [0.717, 1.165) is 30.8 Å².